The standard InChI is InChI=1S/C15H14F3NO2S/c1-10-7-8-14(11(2)9-10)22(20,21)19-13-6-4-3-5-12(13)15(16,17)18/h3-9,19H,1-2H3. The quantitative estimate of drug-likeness (QED) is 0.920. The van der Waals surface area contributed by atoms with Crippen LogP contribution in [0.25, 0.3) is 0 Å². The second-order valence-corrected chi connectivity index (χ2v) is 6.57. The van der Waals surface area contributed by atoms with Crippen molar-refractivity contribution in [3.05, 3.63) is 59.2 Å². The van der Waals surface area contributed by atoms with Gasteiger partial charge in [-0.2, -0.15) is 13.2 Å². The normalized spacial score (nSPS) is 12.2. The molecule has 0 heterocycles. The molecule has 22 heavy (non-hydrogen) atoms. The van der Waals surface area contributed by atoms with E-state index in [4.69, 9.17) is 0 Å². The maximum atomic E-state index is 12.9. The summed E-state index contributed by atoms with van der Waals surface area (Å²) in [6.07, 6.45) is -4.64. The SMILES string of the molecule is Cc1ccc(S(=O)(=O)Nc2ccccc2C(F)(F)F)c(C)c1. The summed E-state index contributed by atoms with van der Waals surface area (Å²) >= 11 is 0. The van der Waals surface area contributed by atoms with Gasteiger partial charge in [-0.25, -0.2) is 8.42 Å². The molecule has 0 saturated carbocycles. The third-order valence-corrected chi connectivity index (χ3v) is 4.62. The topological polar surface area (TPSA) is 46.2 Å². The Morgan fingerprint density at radius 1 is 1.00 bits per heavy atom. The van der Waals surface area contributed by atoms with Crippen LogP contribution in [0.2, 0.25) is 0 Å². The molecular weight excluding hydrogens is 315 g/mol. The van der Waals surface area contributed by atoms with Crippen molar-refractivity contribution in [3.8, 4) is 0 Å². The molecule has 0 aliphatic rings. The van der Waals surface area contributed by atoms with Gasteiger partial charge in [-0.1, -0.05) is 29.8 Å². The largest absolute Gasteiger partial charge is 0.418 e. The van der Waals surface area contributed by atoms with Crippen LogP contribution >= 0.6 is 0 Å². The number of nitrogens with one attached hydrogen (secondary N) is 1. The van der Waals surface area contributed by atoms with E-state index >= 15 is 0 Å². The lowest BCUT2D eigenvalue weighted by Gasteiger charge is -2.15. The predicted octanol–water partition coefficient (Wildman–Crippen LogP) is 4.12. The van der Waals surface area contributed by atoms with Gasteiger partial charge in [0, 0.05) is 0 Å². The summed E-state index contributed by atoms with van der Waals surface area (Å²) < 4.78 is 65.5. The molecule has 0 aromatic heterocycles. The second kappa shape index (κ2) is 5.64. The lowest BCUT2D eigenvalue weighted by atomic mass is 10.2. The van der Waals surface area contributed by atoms with E-state index in [-0.39, 0.29) is 4.90 Å². The van der Waals surface area contributed by atoms with Gasteiger partial charge in [-0.05, 0) is 37.6 Å². The number of benzene rings is 2. The number of rotatable bonds is 3. The van der Waals surface area contributed by atoms with Gasteiger partial charge in [-0.15, -0.1) is 0 Å². The lowest BCUT2D eigenvalue weighted by Crippen LogP contribution is -2.18. The highest BCUT2D eigenvalue weighted by atomic mass is 32.2. The van der Waals surface area contributed by atoms with Crippen molar-refractivity contribution >= 4 is 15.7 Å². The molecule has 3 nitrogen and oxygen atoms in total. The first-order chi connectivity index (χ1) is 10.1. The predicted molar refractivity (Wildman–Crippen MR) is 78.2 cm³/mol. The summed E-state index contributed by atoms with van der Waals surface area (Å²) in [6, 6.07) is 9.10. The molecule has 0 spiro atoms. The number of alkyl halides is 3. The molecule has 7 heteroatoms. The first-order valence-electron chi connectivity index (χ1n) is 6.37. The fourth-order valence-corrected chi connectivity index (χ4v) is 3.43. The van der Waals surface area contributed by atoms with Gasteiger partial charge in [0.25, 0.3) is 10.0 Å². The van der Waals surface area contributed by atoms with Crippen LogP contribution in [0.4, 0.5) is 18.9 Å². The fourth-order valence-electron chi connectivity index (χ4n) is 2.12. The minimum atomic E-state index is -4.64. The van der Waals surface area contributed by atoms with Crippen LogP contribution in [0.1, 0.15) is 16.7 Å². The van der Waals surface area contributed by atoms with Gasteiger partial charge in [0.05, 0.1) is 16.1 Å². The molecular formula is C15H14F3NO2S. The molecule has 1 N–H and O–H groups in total. The highest BCUT2D eigenvalue weighted by Crippen LogP contribution is 2.35. The van der Waals surface area contributed by atoms with E-state index in [9.17, 15) is 21.6 Å². The van der Waals surface area contributed by atoms with Crippen LogP contribution in [-0.4, -0.2) is 8.42 Å². The Morgan fingerprint density at radius 3 is 2.23 bits per heavy atom. The van der Waals surface area contributed by atoms with E-state index in [1.165, 1.54) is 18.2 Å². The number of aryl methyl sites for hydroxylation is 2. The smallest absolute Gasteiger partial charge is 0.279 e. The van der Waals surface area contributed by atoms with Gasteiger partial charge in [0.1, 0.15) is 0 Å². The Morgan fingerprint density at radius 2 is 1.64 bits per heavy atom. The molecule has 0 unspecified atom stereocenters. The van der Waals surface area contributed by atoms with E-state index in [0.29, 0.717) is 5.56 Å². The third kappa shape index (κ3) is 3.41. The molecule has 2 aromatic carbocycles. The maximum Gasteiger partial charge on any atom is 0.418 e. The Hall–Kier alpha value is -2.02. The number of hydrogen-bond donors (Lipinski definition) is 1. The molecule has 0 amide bonds. The van der Waals surface area contributed by atoms with E-state index in [1.807, 2.05) is 4.72 Å². The van der Waals surface area contributed by atoms with Crippen molar-refractivity contribution in [1.29, 1.82) is 0 Å². The minimum absolute atomic E-state index is 0.0462. The zero-order chi connectivity index (χ0) is 16.5. The summed E-state index contributed by atoms with van der Waals surface area (Å²) in [4.78, 5) is -0.0462. The summed E-state index contributed by atoms with van der Waals surface area (Å²) in [5.74, 6) is 0. The second-order valence-electron chi connectivity index (χ2n) is 4.92. The van der Waals surface area contributed by atoms with Crippen LogP contribution in [0, 0.1) is 13.8 Å². The number of sulfonamides is 1. The van der Waals surface area contributed by atoms with Gasteiger partial charge < -0.3 is 0 Å². The van der Waals surface area contributed by atoms with Crippen molar-refractivity contribution in [2.45, 2.75) is 24.9 Å². The average molecular weight is 329 g/mol. The Bertz CT molecular complexity index is 799. The third-order valence-electron chi connectivity index (χ3n) is 3.10. The summed E-state index contributed by atoms with van der Waals surface area (Å²) in [5, 5.41) is 0. The van der Waals surface area contributed by atoms with E-state index < -0.39 is 27.5 Å². The number of anilines is 1. The molecule has 0 saturated heterocycles. The van der Waals surface area contributed by atoms with Gasteiger partial charge in [-0.3, -0.25) is 4.72 Å². The first-order valence-corrected chi connectivity index (χ1v) is 7.86. The van der Waals surface area contributed by atoms with Crippen LogP contribution in [0.15, 0.2) is 47.4 Å². The number of para-hydroxylation sites is 1. The van der Waals surface area contributed by atoms with Crippen LogP contribution < -0.4 is 4.72 Å². The molecule has 2 rings (SSSR count). The van der Waals surface area contributed by atoms with Crippen LogP contribution in [0.5, 0.6) is 0 Å². The summed E-state index contributed by atoms with van der Waals surface area (Å²) in [7, 11) is -4.09. The van der Waals surface area contributed by atoms with Crippen molar-refractivity contribution < 1.29 is 21.6 Å². The Labute approximate surface area is 126 Å². The van der Waals surface area contributed by atoms with Crippen LogP contribution in [0.3, 0.4) is 0 Å². The van der Waals surface area contributed by atoms with E-state index in [0.717, 1.165) is 17.7 Å². The van der Waals surface area contributed by atoms with Gasteiger partial charge in [0.15, 0.2) is 0 Å². The molecule has 0 atom stereocenters. The summed E-state index contributed by atoms with van der Waals surface area (Å²) in [5.41, 5.74) is -0.178. The molecule has 0 aliphatic carbocycles. The van der Waals surface area contributed by atoms with E-state index in [2.05, 4.69) is 0 Å². The Kier molecular flexibility index (Phi) is 4.19. The monoisotopic (exact) mass is 329 g/mol. The minimum Gasteiger partial charge on any atom is -0.279 e. The number of halogens is 3. The number of hydrogen-bond acceptors (Lipinski definition) is 2. The zero-order valence-corrected chi connectivity index (χ0v) is 12.7. The highest BCUT2D eigenvalue weighted by Gasteiger charge is 2.34. The fraction of sp³-hybridized carbons (Fsp3) is 0.200. The van der Waals surface area contributed by atoms with Crippen LogP contribution in [-0.2, 0) is 16.2 Å². The molecule has 0 aliphatic heterocycles. The summed E-state index contributed by atoms with van der Waals surface area (Å²) in [6.45, 7) is 3.40. The van der Waals surface area contributed by atoms with Gasteiger partial charge >= 0.3 is 6.18 Å². The van der Waals surface area contributed by atoms with Crippen molar-refractivity contribution in [2.24, 2.45) is 0 Å². The van der Waals surface area contributed by atoms with Gasteiger partial charge in [0.2, 0.25) is 0 Å². The maximum absolute atomic E-state index is 12.9. The molecule has 118 valence electrons. The highest BCUT2D eigenvalue weighted by molar-refractivity contribution is 7.92. The first kappa shape index (κ1) is 16.4. The van der Waals surface area contributed by atoms with E-state index in [1.54, 1.807) is 26.0 Å². The molecule has 0 fully saturated rings. The van der Waals surface area contributed by atoms with Crippen molar-refractivity contribution in [3.63, 3.8) is 0 Å². The Balaban J connectivity index is 2.46. The zero-order valence-electron chi connectivity index (χ0n) is 11.9. The molecule has 2 aromatic rings. The van der Waals surface area contributed by atoms with Crippen molar-refractivity contribution in [1.82, 2.24) is 0 Å². The van der Waals surface area contributed by atoms with Crippen molar-refractivity contribution in [2.75, 3.05) is 4.72 Å². The average Bonchev–Trinajstić information content (AvgIpc) is 2.36. The lowest BCUT2D eigenvalue weighted by molar-refractivity contribution is -0.136. The molecule has 0 radical (unpaired) electrons. The molecule has 0 bridgehead atoms.